The maximum atomic E-state index is 12.2. The number of phenolic OH excluding ortho intramolecular Hbond substituents is 2. The van der Waals surface area contributed by atoms with E-state index >= 15 is 0 Å². The quantitative estimate of drug-likeness (QED) is 0.225. The minimum atomic E-state index is -0.148. The van der Waals surface area contributed by atoms with E-state index in [-0.39, 0.29) is 22.8 Å². The molecule has 0 fully saturated rings. The summed E-state index contributed by atoms with van der Waals surface area (Å²) in [4.78, 5) is 12.2. The molecule has 0 radical (unpaired) electrons. The predicted molar refractivity (Wildman–Crippen MR) is 112 cm³/mol. The number of hydrogen-bond acceptors (Lipinski definition) is 3. The molecular formula is C22H35BrO3. The molecule has 26 heavy (non-hydrogen) atoms. The van der Waals surface area contributed by atoms with Crippen molar-refractivity contribution in [3.8, 4) is 11.5 Å². The Morgan fingerprint density at radius 1 is 0.769 bits per heavy atom. The maximum absolute atomic E-state index is 12.2. The summed E-state index contributed by atoms with van der Waals surface area (Å²) in [6.07, 6.45) is 17.0. The van der Waals surface area contributed by atoms with Crippen LogP contribution in [0.25, 0.3) is 0 Å². The molecule has 0 saturated carbocycles. The Morgan fingerprint density at radius 2 is 1.23 bits per heavy atom. The number of ketones is 1. The molecule has 4 heteroatoms. The summed E-state index contributed by atoms with van der Waals surface area (Å²) in [6, 6.07) is 2.70. The Bertz CT molecular complexity index is 528. The summed E-state index contributed by atoms with van der Waals surface area (Å²) in [5.41, 5.74) is 0.286. The van der Waals surface area contributed by atoms with E-state index < -0.39 is 0 Å². The van der Waals surface area contributed by atoms with Crippen LogP contribution in [-0.2, 0) is 0 Å². The average Bonchev–Trinajstić information content (AvgIpc) is 2.62. The fraction of sp³-hybridized carbons (Fsp3) is 0.682. The SMILES string of the molecule is CCCCCCCCCCCCCCCC(=O)c1cc(Br)c(O)cc1O. The zero-order chi connectivity index (χ0) is 19.2. The van der Waals surface area contributed by atoms with E-state index in [1.165, 1.54) is 82.8 Å². The lowest BCUT2D eigenvalue weighted by Gasteiger charge is -2.06. The van der Waals surface area contributed by atoms with Crippen molar-refractivity contribution < 1.29 is 15.0 Å². The van der Waals surface area contributed by atoms with Crippen LogP contribution in [0.1, 0.15) is 107 Å². The van der Waals surface area contributed by atoms with Gasteiger partial charge < -0.3 is 10.2 Å². The maximum Gasteiger partial charge on any atom is 0.166 e. The van der Waals surface area contributed by atoms with E-state index in [9.17, 15) is 15.0 Å². The molecule has 0 heterocycles. The van der Waals surface area contributed by atoms with E-state index in [1.807, 2.05) is 0 Å². The summed E-state index contributed by atoms with van der Waals surface area (Å²) in [5, 5.41) is 19.3. The third kappa shape index (κ3) is 9.61. The molecule has 0 bridgehead atoms. The highest BCUT2D eigenvalue weighted by Gasteiger charge is 2.13. The Morgan fingerprint density at radius 3 is 1.73 bits per heavy atom. The van der Waals surface area contributed by atoms with Crippen molar-refractivity contribution in [3.63, 3.8) is 0 Å². The van der Waals surface area contributed by atoms with E-state index in [4.69, 9.17) is 0 Å². The number of benzene rings is 1. The first-order valence-corrected chi connectivity index (χ1v) is 11.1. The van der Waals surface area contributed by atoms with Gasteiger partial charge in [-0.25, -0.2) is 0 Å². The second kappa shape index (κ2) is 14.1. The summed E-state index contributed by atoms with van der Waals surface area (Å²) in [5.74, 6) is -0.267. The van der Waals surface area contributed by atoms with Crippen LogP contribution in [0.15, 0.2) is 16.6 Å². The summed E-state index contributed by atoms with van der Waals surface area (Å²) < 4.78 is 0.434. The summed E-state index contributed by atoms with van der Waals surface area (Å²) in [7, 11) is 0. The molecule has 0 atom stereocenters. The van der Waals surface area contributed by atoms with E-state index in [1.54, 1.807) is 0 Å². The highest BCUT2D eigenvalue weighted by molar-refractivity contribution is 9.10. The molecule has 1 rings (SSSR count). The summed E-state index contributed by atoms with van der Waals surface area (Å²) in [6.45, 7) is 2.26. The first-order chi connectivity index (χ1) is 12.6. The molecule has 3 nitrogen and oxygen atoms in total. The Balaban J connectivity index is 2.01. The van der Waals surface area contributed by atoms with Crippen LogP contribution < -0.4 is 0 Å². The van der Waals surface area contributed by atoms with Gasteiger partial charge in [0.2, 0.25) is 0 Å². The Hall–Kier alpha value is -1.03. The van der Waals surface area contributed by atoms with Crippen LogP contribution in [0.2, 0.25) is 0 Å². The number of halogens is 1. The smallest absolute Gasteiger partial charge is 0.166 e. The largest absolute Gasteiger partial charge is 0.507 e. The highest BCUT2D eigenvalue weighted by atomic mass is 79.9. The molecule has 1 aromatic carbocycles. The average molecular weight is 427 g/mol. The molecule has 0 saturated heterocycles. The Labute approximate surface area is 167 Å². The number of rotatable bonds is 15. The molecule has 0 unspecified atom stereocenters. The first kappa shape index (κ1) is 23.0. The molecule has 1 aromatic rings. The van der Waals surface area contributed by atoms with Gasteiger partial charge in [0.1, 0.15) is 11.5 Å². The van der Waals surface area contributed by atoms with Gasteiger partial charge in [-0.05, 0) is 28.4 Å². The lowest BCUT2D eigenvalue weighted by Crippen LogP contribution is -1.99. The summed E-state index contributed by atoms with van der Waals surface area (Å²) >= 11 is 3.18. The first-order valence-electron chi connectivity index (χ1n) is 10.3. The molecular weight excluding hydrogens is 392 g/mol. The second-order valence-corrected chi connectivity index (χ2v) is 8.09. The van der Waals surface area contributed by atoms with Gasteiger partial charge in [0.15, 0.2) is 5.78 Å². The van der Waals surface area contributed by atoms with Gasteiger partial charge >= 0.3 is 0 Å². The van der Waals surface area contributed by atoms with Crippen LogP contribution in [0.3, 0.4) is 0 Å². The number of carbonyl (C=O) groups excluding carboxylic acids is 1. The standard InChI is InChI=1S/C22H35BrO3/c1-2-3-4-5-6-7-8-9-10-11-12-13-14-15-20(24)18-16-19(23)22(26)17-21(18)25/h16-17,25-26H,2-15H2,1H3. The highest BCUT2D eigenvalue weighted by Crippen LogP contribution is 2.32. The van der Waals surface area contributed by atoms with Crippen molar-refractivity contribution in [2.24, 2.45) is 0 Å². The topological polar surface area (TPSA) is 57.5 Å². The van der Waals surface area contributed by atoms with Crippen molar-refractivity contribution in [1.29, 1.82) is 0 Å². The van der Waals surface area contributed by atoms with Gasteiger partial charge in [-0.2, -0.15) is 0 Å². The molecule has 0 aliphatic carbocycles. The molecule has 0 amide bonds. The van der Waals surface area contributed by atoms with Crippen LogP contribution in [0.4, 0.5) is 0 Å². The van der Waals surface area contributed by atoms with Gasteiger partial charge in [0, 0.05) is 12.5 Å². The fourth-order valence-corrected chi connectivity index (χ4v) is 3.56. The second-order valence-electron chi connectivity index (χ2n) is 7.24. The minimum Gasteiger partial charge on any atom is -0.507 e. The minimum absolute atomic E-state index is 0.0555. The fourth-order valence-electron chi connectivity index (χ4n) is 3.21. The number of aromatic hydroxyl groups is 2. The van der Waals surface area contributed by atoms with E-state index in [0.717, 1.165) is 12.8 Å². The van der Waals surface area contributed by atoms with Gasteiger partial charge in [-0.1, -0.05) is 84.0 Å². The number of unbranched alkanes of at least 4 members (excludes halogenated alkanes) is 12. The zero-order valence-electron chi connectivity index (χ0n) is 16.2. The molecule has 2 N–H and O–H groups in total. The normalized spacial score (nSPS) is 11.0. The van der Waals surface area contributed by atoms with Gasteiger partial charge in [0.25, 0.3) is 0 Å². The molecule has 0 aliphatic rings. The molecule has 0 spiro atoms. The van der Waals surface area contributed by atoms with E-state index in [2.05, 4.69) is 22.9 Å². The molecule has 0 aromatic heterocycles. The van der Waals surface area contributed by atoms with Crippen LogP contribution in [0.5, 0.6) is 11.5 Å². The van der Waals surface area contributed by atoms with Crippen LogP contribution >= 0.6 is 15.9 Å². The van der Waals surface area contributed by atoms with Crippen LogP contribution in [-0.4, -0.2) is 16.0 Å². The van der Waals surface area contributed by atoms with Gasteiger partial charge in [0.05, 0.1) is 10.0 Å². The van der Waals surface area contributed by atoms with Gasteiger partial charge in [-0.15, -0.1) is 0 Å². The predicted octanol–water partition coefficient (Wildman–Crippen LogP) is 7.52. The molecule has 148 valence electrons. The van der Waals surface area contributed by atoms with Crippen LogP contribution in [0, 0.1) is 0 Å². The van der Waals surface area contributed by atoms with E-state index in [0.29, 0.717) is 10.9 Å². The van der Waals surface area contributed by atoms with Crippen molar-refractivity contribution in [1.82, 2.24) is 0 Å². The lowest BCUT2D eigenvalue weighted by atomic mass is 10.0. The number of phenols is 2. The van der Waals surface area contributed by atoms with Crippen molar-refractivity contribution in [3.05, 3.63) is 22.2 Å². The monoisotopic (exact) mass is 426 g/mol. The number of carbonyl (C=O) groups is 1. The number of hydrogen-bond donors (Lipinski definition) is 2. The van der Waals surface area contributed by atoms with Gasteiger partial charge in [-0.3, -0.25) is 4.79 Å². The Kier molecular flexibility index (Phi) is 12.5. The third-order valence-electron chi connectivity index (χ3n) is 4.87. The molecule has 0 aliphatic heterocycles. The van der Waals surface area contributed by atoms with Crippen molar-refractivity contribution in [2.45, 2.75) is 96.8 Å². The van der Waals surface area contributed by atoms with Crippen molar-refractivity contribution in [2.75, 3.05) is 0 Å². The number of Topliss-reactive ketones (excluding diaryl/α,β-unsaturated/α-hetero) is 1. The zero-order valence-corrected chi connectivity index (χ0v) is 17.8. The van der Waals surface area contributed by atoms with Crippen molar-refractivity contribution >= 4 is 21.7 Å². The lowest BCUT2D eigenvalue weighted by molar-refractivity contribution is 0.0976. The third-order valence-corrected chi connectivity index (χ3v) is 5.51.